The quantitative estimate of drug-likeness (QED) is 0.897. The lowest BCUT2D eigenvalue weighted by molar-refractivity contribution is 0.126. The summed E-state index contributed by atoms with van der Waals surface area (Å²) in [6, 6.07) is 9.80. The van der Waals surface area contributed by atoms with E-state index in [2.05, 4.69) is 55.3 Å². The van der Waals surface area contributed by atoms with E-state index >= 15 is 0 Å². The zero-order valence-corrected chi connectivity index (χ0v) is 13.5. The van der Waals surface area contributed by atoms with E-state index in [9.17, 15) is 5.11 Å². The lowest BCUT2D eigenvalue weighted by Crippen LogP contribution is -2.45. The largest absolute Gasteiger partial charge is 0.393 e. The molecule has 1 aromatic carbocycles. The van der Waals surface area contributed by atoms with Gasteiger partial charge in [0.25, 0.3) is 0 Å². The van der Waals surface area contributed by atoms with Crippen molar-refractivity contribution in [1.29, 1.82) is 0 Å². The Morgan fingerprint density at radius 3 is 2.38 bits per heavy atom. The van der Waals surface area contributed by atoms with Crippen LogP contribution in [0.25, 0.3) is 0 Å². The highest BCUT2D eigenvalue weighted by Crippen LogP contribution is 2.40. The van der Waals surface area contributed by atoms with E-state index in [0.717, 1.165) is 19.4 Å². The van der Waals surface area contributed by atoms with E-state index in [1.807, 2.05) is 0 Å². The molecule has 2 bridgehead atoms. The van der Waals surface area contributed by atoms with E-state index in [4.69, 9.17) is 0 Å². The number of aliphatic hydroxyl groups is 1. The Morgan fingerprint density at radius 1 is 1.14 bits per heavy atom. The van der Waals surface area contributed by atoms with E-state index in [1.54, 1.807) is 0 Å². The predicted octanol–water partition coefficient (Wildman–Crippen LogP) is 3.07. The summed E-state index contributed by atoms with van der Waals surface area (Å²) >= 11 is 0. The minimum absolute atomic E-state index is 0.0985. The summed E-state index contributed by atoms with van der Waals surface area (Å²) in [6.07, 6.45) is 4.21. The van der Waals surface area contributed by atoms with Crippen molar-refractivity contribution in [2.45, 2.75) is 76.7 Å². The van der Waals surface area contributed by atoms with Crippen molar-refractivity contribution >= 4 is 5.69 Å². The van der Waals surface area contributed by atoms with E-state index < -0.39 is 0 Å². The molecule has 0 amide bonds. The average Bonchev–Trinajstić information content (AvgIpc) is 2.68. The van der Waals surface area contributed by atoms with Crippen molar-refractivity contribution < 1.29 is 5.11 Å². The summed E-state index contributed by atoms with van der Waals surface area (Å²) < 4.78 is 0. The Hall–Kier alpha value is -1.06. The molecule has 116 valence electrons. The predicted molar refractivity (Wildman–Crippen MR) is 87.6 cm³/mol. The zero-order chi connectivity index (χ0) is 15.0. The summed E-state index contributed by atoms with van der Waals surface area (Å²) in [4.78, 5) is 2.59. The summed E-state index contributed by atoms with van der Waals surface area (Å²) in [6.45, 7) is 7.52. The van der Waals surface area contributed by atoms with E-state index in [-0.39, 0.29) is 11.6 Å². The van der Waals surface area contributed by atoms with Crippen molar-refractivity contribution in [3.05, 3.63) is 29.8 Å². The molecule has 3 rings (SSSR count). The molecule has 2 aliphatic rings. The van der Waals surface area contributed by atoms with Gasteiger partial charge in [-0.1, -0.05) is 18.2 Å². The fraction of sp³-hybridized carbons (Fsp3) is 0.667. The van der Waals surface area contributed by atoms with Crippen LogP contribution >= 0.6 is 0 Å². The molecule has 0 radical (unpaired) electrons. The van der Waals surface area contributed by atoms with Crippen LogP contribution in [-0.2, 0) is 6.54 Å². The molecule has 3 heteroatoms. The van der Waals surface area contributed by atoms with Crippen LogP contribution in [-0.4, -0.2) is 28.8 Å². The maximum absolute atomic E-state index is 10.00. The number of hydrogen-bond donors (Lipinski definition) is 2. The Balaban J connectivity index is 1.82. The number of hydrogen-bond acceptors (Lipinski definition) is 3. The minimum atomic E-state index is -0.0985. The third-order valence-electron chi connectivity index (χ3n) is 4.79. The first-order valence-electron chi connectivity index (χ1n) is 8.23. The van der Waals surface area contributed by atoms with Crippen LogP contribution in [0.5, 0.6) is 0 Å². The molecule has 2 N–H and O–H groups in total. The zero-order valence-electron chi connectivity index (χ0n) is 13.5. The lowest BCUT2D eigenvalue weighted by atomic mass is 9.97. The number of nitrogens with one attached hydrogen (secondary N) is 1. The van der Waals surface area contributed by atoms with Gasteiger partial charge in [0.15, 0.2) is 0 Å². The minimum Gasteiger partial charge on any atom is -0.393 e. The number of rotatable bonds is 3. The monoisotopic (exact) mass is 288 g/mol. The van der Waals surface area contributed by atoms with Crippen LogP contribution in [0.2, 0.25) is 0 Å². The van der Waals surface area contributed by atoms with Crippen LogP contribution in [0.3, 0.4) is 0 Å². The molecule has 3 nitrogen and oxygen atoms in total. The average molecular weight is 288 g/mol. The molecule has 2 saturated heterocycles. The number of piperidine rings is 1. The van der Waals surface area contributed by atoms with Gasteiger partial charge < -0.3 is 15.3 Å². The second-order valence-corrected chi connectivity index (χ2v) is 7.65. The molecule has 0 aliphatic carbocycles. The fourth-order valence-electron chi connectivity index (χ4n) is 3.81. The Morgan fingerprint density at radius 2 is 1.76 bits per heavy atom. The number of anilines is 1. The van der Waals surface area contributed by atoms with Crippen molar-refractivity contribution in [2.24, 2.45) is 0 Å². The SMILES string of the molecule is CC(C)(C)NCc1ccccc1N1C2CCC1CC(O)C2. The van der Waals surface area contributed by atoms with Crippen LogP contribution in [0.4, 0.5) is 5.69 Å². The highest BCUT2D eigenvalue weighted by atomic mass is 16.3. The Labute approximate surface area is 128 Å². The van der Waals surface area contributed by atoms with Crippen LogP contribution < -0.4 is 10.2 Å². The molecule has 0 aromatic heterocycles. The second-order valence-electron chi connectivity index (χ2n) is 7.65. The van der Waals surface area contributed by atoms with Gasteiger partial charge in [0.05, 0.1) is 6.10 Å². The van der Waals surface area contributed by atoms with Gasteiger partial charge in [-0.2, -0.15) is 0 Å². The highest BCUT2D eigenvalue weighted by molar-refractivity contribution is 5.56. The number of benzene rings is 1. The molecular weight excluding hydrogens is 260 g/mol. The van der Waals surface area contributed by atoms with E-state index in [1.165, 1.54) is 24.1 Å². The van der Waals surface area contributed by atoms with Crippen LogP contribution in [0.15, 0.2) is 24.3 Å². The van der Waals surface area contributed by atoms with Gasteiger partial charge in [0.1, 0.15) is 0 Å². The second kappa shape index (κ2) is 5.62. The first kappa shape index (κ1) is 14.9. The lowest BCUT2D eigenvalue weighted by Gasteiger charge is -2.40. The normalized spacial score (nSPS) is 29.0. The summed E-state index contributed by atoms with van der Waals surface area (Å²) in [5.41, 5.74) is 2.87. The molecular formula is C18H28N2O. The van der Waals surface area contributed by atoms with Gasteiger partial charge in [-0.05, 0) is 58.1 Å². The Kier molecular flexibility index (Phi) is 3.98. The maximum atomic E-state index is 10.00. The molecule has 0 saturated carbocycles. The van der Waals surface area contributed by atoms with Crippen molar-refractivity contribution in [1.82, 2.24) is 5.32 Å². The molecule has 2 fully saturated rings. The van der Waals surface area contributed by atoms with Crippen LogP contribution in [0.1, 0.15) is 52.0 Å². The Bertz CT molecular complexity index is 480. The highest BCUT2D eigenvalue weighted by Gasteiger charge is 2.40. The number of fused-ring (bicyclic) bond motifs is 2. The third kappa shape index (κ3) is 3.24. The molecule has 21 heavy (non-hydrogen) atoms. The molecule has 2 atom stereocenters. The smallest absolute Gasteiger partial charge is 0.0579 e. The fourth-order valence-corrected chi connectivity index (χ4v) is 3.81. The van der Waals surface area contributed by atoms with Gasteiger partial charge in [0, 0.05) is 29.9 Å². The van der Waals surface area contributed by atoms with Gasteiger partial charge >= 0.3 is 0 Å². The van der Waals surface area contributed by atoms with Gasteiger partial charge in [-0.25, -0.2) is 0 Å². The van der Waals surface area contributed by atoms with Gasteiger partial charge in [-0.3, -0.25) is 0 Å². The molecule has 2 aliphatic heterocycles. The third-order valence-corrected chi connectivity index (χ3v) is 4.79. The summed E-state index contributed by atoms with van der Waals surface area (Å²) in [5.74, 6) is 0. The first-order valence-corrected chi connectivity index (χ1v) is 8.23. The number of nitrogens with zero attached hydrogens (tertiary/aromatic N) is 1. The van der Waals surface area contributed by atoms with Gasteiger partial charge in [0.2, 0.25) is 0 Å². The summed E-state index contributed by atoms with van der Waals surface area (Å²) in [7, 11) is 0. The maximum Gasteiger partial charge on any atom is 0.0579 e. The van der Waals surface area contributed by atoms with Crippen LogP contribution in [0, 0.1) is 0 Å². The summed E-state index contributed by atoms with van der Waals surface area (Å²) in [5, 5.41) is 13.6. The van der Waals surface area contributed by atoms with E-state index in [0.29, 0.717) is 12.1 Å². The molecule has 2 heterocycles. The van der Waals surface area contributed by atoms with Crippen molar-refractivity contribution in [3.63, 3.8) is 0 Å². The topological polar surface area (TPSA) is 35.5 Å². The van der Waals surface area contributed by atoms with Crippen molar-refractivity contribution in [2.75, 3.05) is 4.90 Å². The molecule has 2 unspecified atom stereocenters. The van der Waals surface area contributed by atoms with Gasteiger partial charge in [-0.15, -0.1) is 0 Å². The number of para-hydroxylation sites is 1. The first-order chi connectivity index (χ1) is 9.94. The molecule has 0 spiro atoms. The number of aliphatic hydroxyl groups excluding tert-OH is 1. The molecule has 1 aromatic rings. The standard InChI is InChI=1S/C18H28N2O/c1-18(2,3)19-12-13-6-4-5-7-17(13)20-14-8-9-15(20)11-16(21)10-14/h4-7,14-16,19,21H,8-12H2,1-3H3. The van der Waals surface area contributed by atoms with Crippen molar-refractivity contribution in [3.8, 4) is 0 Å².